The fraction of sp³-hybridized carbons (Fsp3) is 0.562. The van der Waals surface area contributed by atoms with Crippen molar-refractivity contribution in [2.75, 3.05) is 26.3 Å². The van der Waals surface area contributed by atoms with Gasteiger partial charge in [0.1, 0.15) is 0 Å². The molecule has 3 aliphatic rings. The maximum absolute atomic E-state index is 13.7. The van der Waals surface area contributed by atoms with Crippen LogP contribution in [0, 0.1) is 0 Å². The van der Waals surface area contributed by atoms with Crippen LogP contribution in [0.1, 0.15) is 12.8 Å². The highest BCUT2D eigenvalue weighted by Crippen LogP contribution is 2.46. The molecule has 2 amide bonds. The summed E-state index contributed by atoms with van der Waals surface area (Å²) in [6.45, 7) is 1.29. The van der Waals surface area contributed by atoms with Crippen LogP contribution in [0.5, 0.6) is 11.5 Å². The van der Waals surface area contributed by atoms with Crippen LogP contribution in [0.2, 0.25) is 5.02 Å². The van der Waals surface area contributed by atoms with E-state index in [1.165, 1.54) is 23.1 Å². The van der Waals surface area contributed by atoms with E-state index in [-0.39, 0.29) is 29.6 Å². The number of fused-ring (bicyclic) bond motifs is 1. The second-order valence-electron chi connectivity index (χ2n) is 6.43. The van der Waals surface area contributed by atoms with Crippen LogP contribution in [0.4, 0.5) is 18.0 Å². The molecule has 1 aromatic carbocycles. The van der Waals surface area contributed by atoms with Gasteiger partial charge in [0.05, 0.1) is 13.2 Å². The standard InChI is InChI=1S/C16H16ClF3N2O5/c17-10-1-2-11-12(9-10)27-16(26-11,15(18,19)20)21-13(23)22-5-3-14(4-6-22)24-7-8-25-14/h1-2,9H,3-8H2,(H,21,23)/t16-/m1/s1. The number of rotatable bonds is 1. The van der Waals surface area contributed by atoms with E-state index in [4.69, 9.17) is 30.5 Å². The molecule has 2 fully saturated rings. The van der Waals surface area contributed by atoms with Crippen LogP contribution in [0.3, 0.4) is 0 Å². The normalized spacial score (nSPS) is 26.4. The van der Waals surface area contributed by atoms with E-state index < -0.39 is 23.9 Å². The zero-order valence-corrected chi connectivity index (χ0v) is 14.7. The minimum atomic E-state index is -5.02. The van der Waals surface area contributed by atoms with Crippen molar-refractivity contribution in [2.24, 2.45) is 0 Å². The fourth-order valence-electron chi connectivity index (χ4n) is 3.27. The molecule has 0 unspecified atom stereocenters. The molecule has 0 saturated carbocycles. The van der Waals surface area contributed by atoms with E-state index in [0.717, 1.165) is 0 Å². The molecule has 4 rings (SSSR count). The summed E-state index contributed by atoms with van der Waals surface area (Å²) in [7, 11) is 0. The number of nitrogens with zero attached hydrogens (tertiary/aromatic N) is 1. The third-order valence-electron chi connectivity index (χ3n) is 4.68. The van der Waals surface area contributed by atoms with Crippen LogP contribution in [0.25, 0.3) is 0 Å². The molecule has 0 bridgehead atoms. The molecule has 0 aromatic heterocycles. The Balaban J connectivity index is 1.48. The molecule has 11 heteroatoms. The number of hydrogen-bond donors (Lipinski definition) is 1. The van der Waals surface area contributed by atoms with Crippen molar-refractivity contribution in [3.8, 4) is 11.5 Å². The van der Waals surface area contributed by atoms with Crippen molar-refractivity contribution in [3.63, 3.8) is 0 Å². The lowest BCUT2D eigenvalue weighted by atomic mass is 10.0. The quantitative estimate of drug-likeness (QED) is 0.774. The van der Waals surface area contributed by atoms with Crippen molar-refractivity contribution >= 4 is 17.6 Å². The molecule has 1 N–H and O–H groups in total. The van der Waals surface area contributed by atoms with E-state index in [1.807, 2.05) is 5.32 Å². The highest BCUT2D eigenvalue weighted by molar-refractivity contribution is 6.30. The Kier molecular flexibility index (Phi) is 4.32. The van der Waals surface area contributed by atoms with Gasteiger partial charge in [0, 0.05) is 37.0 Å². The Bertz CT molecular complexity index is 746. The Hall–Kier alpha value is -1.91. The van der Waals surface area contributed by atoms with Crippen molar-refractivity contribution in [1.82, 2.24) is 10.2 Å². The topological polar surface area (TPSA) is 69.3 Å². The van der Waals surface area contributed by atoms with Gasteiger partial charge in [-0.25, -0.2) is 4.79 Å². The first-order valence-corrected chi connectivity index (χ1v) is 8.69. The zero-order chi connectivity index (χ0) is 19.3. The van der Waals surface area contributed by atoms with E-state index >= 15 is 0 Å². The Morgan fingerprint density at radius 2 is 1.74 bits per heavy atom. The zero-order valence-electron chi connectivity index (χ0n) is 14.0. The number of ether oxygens (including phenoxy) is 4. The predicted molar refractivity (Wildman–Crippen MR) is 85.5 cm³/mol. The molecule has 148 valence electrons. The van der Waals surface area contributed by atoms with Gasteiger partial charge in [-0.2, -0.15) is 13.2 Å². The fourth-order valence-corrected chi connectivity index (χ4v) is 3.43. The summed E-state index contributed by atoms with van der Waals surface area (Å²) in [5.41, 5.74) is 0. The van der Waals surface area contributed by atoms with Crippen LogP contribution >= 0.6 is 11.6 Å². The van der Waals surface area contributed by atoms with Gasteiger partial charge in [0.2, 0.25) is 0 Å². The van der Waals surface area contributed by atoms with Crippen LogP contribution in [0.15, 0.2) is 18.2 Å². The summed E-state index contributed by atoms with van der Waals surface area (Å²) in [4.78, 5) is 13.7. The summed E-state index contributed by atoms with van der Waals surface area (Å²) < 4.78 is 62.1. The summed E-state index contributed by atoms with van der Waals surface area (Å²) in [5.74, 6) is -4.42. The number of hydrogen-bond acceptors (Lipinski definition) is 5. The Labute approximate surface area is 157 Å². The first-order valence-electron chi connectivity index (χ1n) is 8.31. The van der Waals surface area contributed by atoms with Gasteiger partial charge < -0.3 is 23.8 Å². The predicted octanol–water partition coefficient (Wildman–Crippen LogP) is 2.88. The SMILES string of the molecule is O=C(N[C@]1(C(F)(F)F)Oc2ccc(Cl)cc2O1)N1CCC2(CC1)OCCO2. The van der Waals surface area contributed by atoms with E-state index in [2.05, 4.69) is 0 Å². The number of amides is 2. The Morgan fingerprint density at radius 1 is 1.11 bits per heavy atom. The number of benzene rings is 1. The highest BCUT2D eigenvalue weighted by Gasteiger charge is 2.66. The van der Waals surface area contributed by atoms with E-state index in [9.17, 15) is 18.0 Å². The number of nitrogens with one attached hydrogen (secondary N) is 1. The summed E-state index contributed by atoms with van der Waals surface area (Å²) in [6.07, 6.45) is -4.28. The molecule has 1 atom stereocenters. The van der Waals surface area contributed by atoms with E-state index in [0.29, 0.717) is 26.1 Å². The van der Waals surface area contributed by atoms with Crippen molar-refractivity contribution in [3.05, 3.63) is 23.2 Å². The molecule has 2 saturated heterocycles. The van der Waals surface area contributed by atoms with Crippen molar-refractivity contribution in [1.29, 1.82) is 0 Å². The number of urea groups is 1. The molecular formula is C16H16ClF3N2O5. The van der Waals surface area contributed by atoms with Gasteiger partial charge in [-0.05, 0) is 12.1 Å². The third-order valence-corrected chi connectivity index (χ3v) is 4.92. The number of piperidine rings is 1. The average molecular weight is 409 g/mol. The van der Waals surface area contributed by atoms with Crippen LogP contribution < -0.4 is 14.8 Å². The number of likely N-dealkylation sites (tertiary alicyclic amines) is 1. The third kappa shape index (κ3) is 3.26. The van der Waals surface area contributed by atoms with Gasteiger partial charge in [-0.15, -0.1) is 0 Å². The van der Waals surface area contributed by atoms with Gasteiger partial charge in [0.25, 0.3) is 0 Å². The number of alkyl halides is 3. The number of carbonyl (C=O) groups is 1. The maximum Gasteiger partial charge on any atom is 0.492 e. The van der Waals surface area contributed by atoms with Gasteiger partial charge in [-0.3, -0.25) is 5.32 Å². The summed E-state index contributed by atoms with van der Waals surface area (Å²) in [5, 5.41) is 2.02. The lowest BCUT2D eigenvalue weighted by Gasteiger charge is -2.39. The molecule has 27 heavy (non-hydrogen) atoms. The lowest BCUT2D eigenvalue weighted by molar-refractivity contribution is -0.318. The number of halogens is 4. The molecule has 0 radical (unpaired) electrons. The minimum absolute atomic E-state index is 0.164. The molecule has 0 aliphatic carbocycles. The first kappa shape index (κ1) is 18.5. The second-order valence-corrected chi connectivity index (χ2v) is 6.87. The minimum Gasteiger partial charge on any atom is -0.424 e. The lowest BCUT2D eigenvalue weighted by Crippen LogP contribution is -2.67. The van der Waals surface area contributed by atoms with Crippen molar-refractivity contribution in [2.45, 2.75) is 30.7 Å². The first-order chi connectivity index (χ1) is 12.7. The largest absolute Gasteiger partial charge is 0.492 e. The molecule has 3 aliphatic heterocycles. The molecule has 1 spiro atoms. The van der Waals surface area contributed by atoms with Crippen LogP contribution in [-0.2, 0) is 9.47 Å². The second kappa shape index (κ2) is 6.32. The molecule has 7 nitrogen and oxygen atoms in total. The Morgan fingerprint density at radius 3 is 2.37 bits per heavy atom. The summed E-state index contributed by atoms with van der Waals surface area (Å²) >= 11 is 5.78. The van der Waals surface area contributed by atoms with E-state index in [1.54, 1.807) is 0 Å². The van der Waals surface area contributed by atoms with Gasteiger partial charge in [-0.1, -0.05) is 11.6 Å². The summed E-state index contributed by atoms with van der Waals surface area (Å²) in [6, 6.07) is 2.84. The maximum atomic E-state index is 13.7. The highest BCUT2D eigenvalue weighted by atomic mass is 35.5. The van der Waals surface area contributed by atoms with Gasteiger partial charge in [0.15, 0.2) is 17.3 Å². The monoisotopic (exact) mass is 408 g/mol. The van der Waals surface area contributed by atoms with Gasteiger partial charge >= 0.3 is 18.1 Å². The average Bonchev–Trinajstić information content (AvgIpc) is 3.19. The molecule has 1 aromatic rings. The smallest absolute Gasteiger partial charge is 0.424 e. The number of carbonyl (C=O) groups excluding carboxylic acids is 1. The molecular weight excluding hydrogens is 393 g/mol. The molecule has 3 heterocycles. The van der Waals surface area contributed by atoms with Crippen LogP contribution in [-0.4, -0.2) is 55.1 Å². The van der Waals surface area contributed by atoms with Crippen molar-refractivity contribution < 1.29 is 36.9 Å².